The van der Waals surface area contributed by atoms with Gasteiger partial charge in [-0.3, -0.25) is 4.79 Å². The minimum atomic E-state index is -0.586. The number of urea groups is 1. The fourth-order valence-electron chi connectivity index (χ4n) is 3.94. The van der Waals surface area contributed by atoms with Crippen LogP contribution in [0.15, 0.2) is 24.5 Å². The lowest BCUT2D eigenvalue weighted by Gasteiger charge is -2.22. The number of hydrogen-bond donors (Lipinski definition) is 2. The van der Waals surface area contributed by atoms with Crippen molar-refractivity contribution in [1.29, 1.82) is 5.26 Å². The van der Waals surface area contributed by atoms with E-state index in [1.807, 2.05) is 13.0 Å². The van der Waals surface area contributed by atoms with Crippen LogP contribution in [0.2, 0.25) is 5.15 Å². The smallest absolute Gasteiger partial charge is 0.323 e. The van der Waals surface area contributed by atoms with Crippen LogP contribution in [0.5, 0.6) is 5.88 Å². The van der Waals surface area contributed by atoms with Crippen LogP contribution < -0.4 is 15.4 Å². The largest absolute Gasteiger partial charge is 0.480 e. The molecular weight excluding hydrogens is 476 g/mol. The Kier molecular flexibility index (Phi) is 6.99. The molecule has 0 bridgehead atoms. The Bertz CT molecular complexity index is 1320. The van der Waals surface area contributed by atoms with Crippen LogP contribution in [0.3, 0.4) is 0 Å². The number of ether oxygens (including phenoxy) is 2. The number of nitrogens with one attached hydrogen (secondary N) is 2. The molecule has 2 atom stereocenters. The number of methoxy groups -OCH3 is 1. The van der Waals surface area contributed by atoms with Gasteiger partial charge in [0, 0.05) is 26.1 Å². The molecule has 3 amide bonds. The third-order valence-corrected chi connectivity index (χ3v) is 5.72. The van der Waals surface area contributed by atoms with Gasteiger partial charge >= 0.3 is 6.03 Å². The second kappa shape index (κ2) is 10.1. The Morgan fingerprint density at radius 1 is 1.29 bits per heavy atom. The predicted octanol–water partition coefficient (Wildman–Crippen LogP) is 3.00. The van der Waals surface area contributed by atoms with Crippen LogP contribution in [0, 0.1) is 11.3 Å². The van der Waals surface area contributed by atoms with Gasteiger partial charge in [0.1, 0.15) is 11.6 Å². The first-order valence-corrected chi connectivity index (χ1v) is 11.1. The van der Waals surface area contributed by atoms with Gasteiger partial charge in [-0.15, -0.1) is 0 Å². The van der Waals surface area contributed by atoms with E-state index < -0.39 is 12.1 Å². The molecule has 0 radical (unpaired) electrons. The second-order valence-electron chi connectivity index (χ2n) is 7.92. The number of halogens is 1. The Labute approximate surface area is 205 Å². The van der Waals surface area contributed by atoms with E-state index in [9.17, 15) is 14.9 Å². The number of anilines is 2. The third kappa shape index (κ3) is 5.26. The third-order valence-electron chi connectivity index (χ3n) is 5.53. The zero-order valence-corrected chi connectivity index (χ0v) is 20.0. The van der Waals surface area contributed by atoms with Crippen molar-refractivity contribution in [2.45, 2.75) is 32.5 Å². The van der Waals surface area contributed by atoms with Crippen LogP contribution in [0.25, 0.3) is 5.65 Å². The SMILES string of the molecule is COc1ncc(NC(=O)Nc2cnc3cc(Cl)nn3c2[C@H](C)OC2CCN(C(C)=O)C2)cc1C#N. The van der Waals surface area contributed by atoms with Crippen molar-refractivity contribution in [3.05, 3.63) is 40.9 Å². The molecule has 0 aliphatic carbocycles. The molecule has 1 fully saturated rings. The van der Waals surface area contributed by atoms with Crippen LogP contribution in [0.4, 0.5) is 16.2 Å². The summed E-state index contributed by atoms with van der Waals surface area (Å²) in [6, 6.07) is 4.43. The quantitative estimate of drug-likeness (QED) is 0.527. The summed E-state index contributed by atoms with van der Waals surface area (Å²) >= 11 is 6.10. The minimum Gasteiger partial charge on any atom is -0.480 e. The van der Waals surface area contributed by atoms with E-state index in [2.05, 4.69) is 25.7 Å². The van der Waals surface area contributed by atoms with Gasteiger partial charge in [-0.25, -0.2) is 19.3 Å². The number of carbonyl (C=O) groups is 2. The zero-order chi connectivity index (χ0) is 25.1. The van der Waals surface area contributed by atoms with Crippen LogP contribution in [-0.2, 0) is 9.53 Å². The highest BCUT2D eigenvalue weighted by molar-refractivity contribution is 6.29. The first-order valence-electron chi connectivity index (χ1n) is 10.8. The molecule has 4 heterocycles. The number of nitriles is 1. The number of amides is 3. The molecule has 1 aliphatic rings. The summed E-state index contributed by atoms with van der Waals surface area (Å²) < 4.78 is 12.8. The number of pyridine rings is 1. The minimum absolute atomic E-state index is 0.000478. The van der Waals surface area contributed by atoms with E-state index >= 15 is 0 Å². The Hall–Kier alpha value is -3.95. The fraction of sp³-hybridized carbons (Fsp3) is 0.364. The predicted molar refractivity (Wildman–Crippen MR) is 126 cm³/mol. The van der Waals surface area contributed by atoms with Crippen molar-refractivity contribution in [3.63, 3.8) is 0 Å². The first kappa shape index (κ1) is 24.2. The highest BCUT2D eigenvalue weighted by Crippen LogP contribution is 2.30. The molecule has 13 heteroatoms. The summed E-state index contributed by atoms with van der Waals surface area (Å²) in [7, 11) is 1.40. The fourth-order valence-corrected chi connectivity index (χ4v) is 4.11. The van der Waals surface area contributed by atoms with Crippen LogP contribution in [-0.4, -0.2) is 62.7 Å². The van der Waals surface area contributed by atoms with Gasteiger partial charge in [0.15, 0.2) is 10.8 Å². The van der Waals surface area contributed by atoms with Crippen LogP contribution >= 0.6 is 11.6 Å². The maximum atomic E-state index is 12.8. The average Bonchev–Trinajstić information content (AvgIpc) is 3.44. The number of aromatic nitrogens is 4. The van der Waals surface area contributed by atoms with E-state index in [4.69, 9.17) is 21.1 Å². The van der Waals surface area contributed by atoms with Gasteiger partial charge in [-0.2, -0.15) is 10.4 Å². The van der Waals surface area contributed by atoms with Crippen molar-refractivity contribution < 1.29 is 19.1 Å². The summed E-state index contributed by atoms with van der Waals surface area (Å²) in [4.78, 5) is 34.5. The highest BCUT2D eigenvalue weighted by atomic mass is 35.5. The zero-order valence-electron chi connectivity index (χ0n) is 19.3. The van der Waals surface area contributed by atoms with Gasteiger partial charge in [-0.1, -0.05) is 11.6 Å². The van der Waals surface area contributed by atoms with Gasteiger partial charge in [0.05, 0.1) is 48.8 Å². The van der Waals surface area contributed by atoms with Crippen molar-refractivity contribution in [3.8, 4) is 11.9 Å². The summed E-state index contributed by atoms with van der Waals surface area (Å²) in [5.74, 6) is 0.160. The summed E-state index contributed by atoms with van der Waals surface area (Å²) in [5.41, 5.74) is 1.85. The number of likely N-dealkylation sites (tertiary alicyclic amines) is 1. The lowest BCUT2D eigenvalue weighted by molar-refractivity contribution is -0.128. The molecule has 1 saturated heterocycles. The monoisotopic (exact) mass is 498 g/mol. The molecule has 2 N–H and O–H groups in total. The number of nitrogens with zero attached hydrogens (tertiary/aromatic N) is 6. The molecule has 12 nitrogen and oxygen atoms in total. The molecule has 1 unspecified atom stereocenters. The van der Waals surface area contributed by atoms with Crippen molar-refractivity contribution in [1.82, 2.24) is 24.5 Å². The molecule has 3 aromatic rings. The van der Waals surface area contributed by atoms with Gasteiger partial charge in [0.25, 0.3) is 0 Å². The molecule has 1 aliphatic heterocycles. The lowest BCUT2D eigenvalue weighted by atomic mass is 10.2. The molecule has 0 spiro atoms. The van der Waals surface area contributed by atoms with Gasteiger partial charge in [-0.05, 0) is 19.4 Å². The van der Waals surface area contributed by atoms with Gasteiger partial charge in [0.2, 0.25) is 11.8 Å². The number of rotatable bonds is 6. The van der Waals surface area contributed by atoms with Crippen molar-refractivity contribution >= 4 is 40.6 Å². The molecular formula is C22H23ClN8O4. The summed E-state index contributed by atoms with van der Waals surface area (Å²) in [5, 5.41) is 19.2. The molecule has 0 aromatic carbocycles. The Morgan fingerprint density at radius 2 is 2.09 bits per heavy atom. The molecule has 182 valence electrons. The molecule has 3 aromatic heterocycles. The van der Waals surface area contributed by atoms with E-state index in [0.717, 1.165) is 0 Å². The maximum absolute atomic E-state index is 12.8. The lowest BCUT2D eigenvalue weighted by Crippen LogP contribution is -2.28. The Morgan fingerprint density at radius 3 is 2.77 bits per heavy atom. The second-order valence-corrected chi connectivity index (χ2v) is 8.31. The van der Waals surface area contributed by atoms with Crippen LogP contribution in [0.1, 0.15) is 37.6 Å². The number of carbonyl (C=O) groups excluding carboxylic acids is 2. The normalized spacial score (nSPS) is 16.1. The van der Waals surface area contributed by atoms with E-state index in [1.54, 1.807) is 11.0 Å². The van der Waals surface area contributed by atoms with E-state index in [1.165, 1.54) is 37.0 Å². The van der Waals surface area contributed by atoms with E-state index in [0.29, 0.717) is 42.2 Å². The van der Waals surface area contributed by atoms with Gasteiger partial charge < -0.3 is 25.0 Å². The van der Waals surface area contributed by atoms with E-state index in [-0.39, 0.29) is 28.6 Å². The van der Waals surface area contributed by atoms with Crippen molar-refractivity contribution in [2.75, 3.05) is 30.8 Å². The molecule has 0 saturated carbocycles. The topological polar surface area (TPSA) is 147 Å². The Balaban J connectivity index is 1.57. The molecule has 4 rings (SSSR count). The number of fused-ring (bicyclic) bond motifs is 1. The maximum Gasteiger partial charge on any atom is 0.323 e. The number of hydrogen-bond acceptors (Lipinski definition) is 8. The van der Waals surface area contributed by atoms with Crippen molar-refractivity contribution in [2.24, 2.45) is 0 Å². The summed E-state index contributed by atoms with van der Waals surface area (Å²) in [6.07, 6.45) is 2.89. The highest BCUT2D eigenvalue weighted by Gasteiger charge is 2.29. The average molecular weight is 499 g/mol. The molecule has 35 heavy (non-hydrogen) atoms. The first-order chi connectivity index (χ1) is 16.8. The summed E-state index contributed by atoms with van der Waals surface area (Å²) in [6.45, 7) is 4.47. The standard InChI is InChI=1S/C22H23ClN8O4/c1-12(35-16-4-5-30(11-16)13(2)32)20-17(10-25-19-7-18(23)29-31(19)20)28-22(33)27-15-6-14(8-24)21(34-3)26-9-15/h6-7,9-10,12,16H,4-5,11H2,1-3H3,(H2,27,28,33)/t12-,16?/m0/s1.